The second-order valence-corrected chi connectivity index (χ2v) is 1.26. The summed E-state index contributed by atoms with van der Waals surface area (Å²) in [5, 5.41) is 1.58. The van der Waals surface area contributed by atoms with E-state index in [9.17, 15) is 9.59 Å². The molecule has 0 saturated heterocycles. The average molecular weight is 145 g/mol. The van der Waals surface area contributed by atoms with Crippen LogP contribution in [-0.4, -0.2) is 12.1 Å². The van der Waals surface area contributed by atoms with E-state index >= 15 is 0 Å². The minimum absolute atomic E-state index is 0.937. The van der Waals surface area contributed by atoms with Crippen molar-refractivity contribution in [3.05, 3.63) is 12.7 Å². The first-order valence-electron chi connectivity index (χ1n) is 2.47. The molecule has 0 aliphatic rings. The molecule has 0 fully saturated rings. The molecule has 0 atom stereocenters. The van der Waals surface area contributed by atoms with Gasteiger partial charge in [0.05, 0.1) is 0 Å². The highest BCUT2D eigenvalue weighted by molar-refractivity contribution is 5.91. The SMILES string of the molecule is C=CC.NC(=O)NC(N)=O. The van der Waals surface area contributed by atoms with E-state index in [1.165, 1.54) is 0 Å². The van der Waals surface area contributed by atoms with E-state index in [2.05, 4.69) is 18.0 Å². The number of rotatable bonds is 0. The van der Waals surface area contributed by atoms with E-state index in [0.29, 0.717) is 0 Å². The topological polar surface area (TPSA) is 98.2 Å². The lowest BCUT2D eigenvalue weighted by Crippen LogP contribution is -2.38. The predicted octanol–water partition coefficient (Wildman–Crippen LogP) is -0.0743. The maximum Gasteiger partial charge on any atom is 0.320 e. The Hall–Kier alpha value is -1.52. The van der Waals surface area contributed by atoms with Gasteiger partial charge in [0, 0.05) is 0 Å². The van der Waals surface area contributed by atoms with Crippen molar-refractivity contribution >= 4 is 12.1 Å². The summed E-state index contributed by atoms with van der Waals surface area (Å²) in [4.78, 5) is 19.2. The molecule has 0 aliphatic heterocycles. The molecule has 0 rings (SSSR count). The number of primary amides is 2. The molecule has 0 radical (unpaired) electrons. The molecule has 0 aromatic carbocycles. The summed E-state index contributed by atoms with van der Waals surface area (Å²) in [5.41, 5.74) is 8.88. The van der Waals surface area contributed by atoms with Gasteiger partial charge < -0.3 is 11.5 Å². The van der Waals surface area contributed by atoms with Crippen LogP contribution in [0.2, 0.25) is 0 Å². The number of nitrogens with one attached hydrogen (secondary N) is 1. The van der Waals surface area contributed by atoms with Crippen LogP contribution < -0.4 is 16.8 Å². The molecule has 0 heterocycles. The average Bonchev–Trinajstić information content (AvgIpc) is 1.62. The molecule has 0 unspecified atom stereocenters. The maximum absolute atomic E-state index is 9.62. The number of amides is 4. The van der Waals surface area contributed by atoms with Gasteiger partial charge in [0.1, 0.15) is 0 Å². The highest BCUT2D eigenvalue weighted by atomic mass is 16.2. The highest BCUT2D eigenvalue weighted by Gasteiger charge is 1.92. The number of hydrogen-bond acceptors (Lipinski definition) is 2. The molecule has 10 heavy (non-hydrogen) atoms. The van der Waals surface area contributed by atoms with Crippen molar-refractivity contribution in [3.8, 4) is 0 Å². The van der Waals surface area contributed by atoms with E-state index < -0.39 is 12.1 Å². The minimum Gasteiger partial charge on any atom is -0.351 e. The lowest BCUT2D eigenvalue weighted by Gasteiger charge is -1.88. The van der Waals surface area contributed by atoms with Gasteiger partial charge in [-0.3, -0.25) is 5.32 Å². The Morgan fingerprint density at radius 2 is 1.60 bits per heavy atom. The molecular formula is C5H11N3O2. The van der Waals surface area contributed by atoms with Crippen LogP contribution >= 0.6 is 0 Å². The third-order valence-corrected chi connectivity index (χ3v) is 0.246. The summed E-state index contributed by atoms with van der Waals surface area (Å²) in [5.74, 6) is 0. The van der Waals surface area contributed by atoms with Crippen LogP contribution in [-0.2, 0) is 0 Å². The van der Waals surface area contributed by atoms with Crippen molar-refractivity contribution in [1.29, 1.82) is 0 Å². The highest BCUT2D eigenvalue weighted by Crippen LogP contribution is 1.51. The number of allylic oxidation sites excluding steroid dienone is 1. The van der Waals surface area contributed by atoms with Crippen LogP contribution in [0, 0.1) is 0 Å². The van der Waals surface area contributed by atoms with Gasteiger partial charge in [-0.2, -0.15) is 0 Å². The van der Waals surface area contributed by atoms with E-state index in [1.807, 2.05) is 6.92 Å². The number of imide groups is 1. The molecule has 5 heteroatoms. The fourth-order valence-corrected chi connectivity index (χ4v) is 0.121. The first kappa shape index (κ1) is 11.3. The third kappa shape index (κ3) is 31.6. The van der Waals surface area contributed by atoms with Crippen LogP contribution in [0.3, 0.4) is 0 Å². The Morgan fingerprint density at radius 3 is 1.60 bits per heavy atom. The number of carbonyl (C=O) groups excluding carboxylic acids is 2. The molecule has 0 aromatic rings. The lowest BCUT2D eigenvalue weighted by atomic mass is 10.8. The van der Waals surface area contributed by atoms with Crippen LogP contribution in [0.1, 0.15) is 6.92 Å². The monoisotopic (exact) mass is 145 g/mol. The second-order valence-electron chi connectivity index (χ2n) is 1.26. The Balaban J connectivity index is 0. The third-order valence-electron chi connectivity index (χ3n) is 0.246. The smallest absolute Gasteiger partial charge is 0.320 e. The molecule has 0 bridgehead atoms. The molecule has 0 aliphatic carbocycles. The second kappa shape index (κ2) is 7.48. The lowest BCUT2D eigenvalue weighted by molar-refractivity contribution is 0.236. The van der Waals surface area contributed by atoms with Crippen LogP contribution in [0.15, 0.2) is 12.7 Å². The molecule has 0 saturated carbocycles. The number of carbonyl (C=O) groups is 2. The van der Waals surface area contributed by atoms with Crippen molar-refractivity contribution in [3.63, 3.8) is 0 Å². The molecular weight excluding hydrogens is 134 g/mol. The zero-order valence-electron chi connectivity index (χ0n) is 5.76. The van der Waals surface area contributed by atoms with E-state index in [4.69, 9.17) is 0 Å². The van der Waals surface area contributed by atoms with Gasteiger partial charge in [0.2, 0.25) is 0 Å². The van der Waals surface area contributed by atoms with Crippen LogP contribution in [0.5, 0.6) is 0 Å². The first-order valence-corrected chi connectivity index (χ1v) is 2.47. The normalized spacial score (nSPS) is 6.50. The minimum atomic E-state index is -0.938. The fraction of sp³-hybridized carbons (Fsp3) is 0.200. The predicted molar refractivity (Wildman–Crippen MR) is 38.2 cm³/mol. The summed E-state index contributed by atoms with van der Waals surface area (Å²) in [7, 11) is 0. The van der Waals surface area contributed by atoms with Gasteiger partial charge >= 0.3 is 12.1 Å². The number of urea groups is 2. The van der Waals surface area contributed by atoms with Gasteiger partial charge in [0.15, 0.2) is 0 Å². The maximum atomic E-state index is 9.62. The van der Waals surface area contributed by atoms with E-state index in [0.717, 1.165) is 0 Å². The van der Waals surface area contributed by atoms with E-state index in [-0.39, 0.29) is 0 Å². The van der Waals surface area contributed by atoms with Crippen LogP contribution in [0.25, 0.3) is 0 Å². The number of hydrogen-bond donors (Lipinski definition) is 3. The molecule has 5 N–H and O–H groups in total. The Morgan fingerprint density at radius 1 is 1.40 bits per heavy atom. The summed E-state index contributed by atoms with van der Waals surface area (Å²) in [6, 6.07) is -1.88. The van der Waals surface area contributed by atoms with Crippen LogP contribution in [0.4, 0.5) is 9.59 Å². The van der Waals surface area contributed by atoms with Gasteiger partial charge in [-0.15, -0.1) is 6.58 Å². The van der Waals surface area contributed by atoms with Gasteiger partial charge in [0.25, 0.3) is 0 Å². The number of nitrogens with two attached hydrogens (primary N) is 2. The van der Waals surface area contributed by atoms with Gasteiger partial charge in [-0.05, 0) is 6.92 Å². The van der Waals surface area contributed by atoms with Crippen molar-refractivity contribution in [1.82, 2.24) is 5.32 Å². The zero-order valence-corrected chi connectivity index (χ0v) is 5.76. The standard InChI is InChI=1S/C3H6.C2H5N3O2/c1-3-2;3-1(6)5-2(4)7/h3H,1H2,2H3;(H5,3,4,5,6,7). The zero-order chi connectivity index (χ0) is 8.57. The molecule has 5 nitrogen and oxygen atoms in total. The quantitative estimate of drug-likeness (QED) is 0.415. The summed E-state index contributed by atoms with van der Waals surface area (Å²) < 4.78 is 0. The molecule has 58 valence electrons. The van der Waals surface area contributed by atoms with Crippen molar-refractivity contribution in [2.75, 3.05) is 0 Å². The van der Waals surface area contributed by atoms with E-state index in [1.54, 1.807) is 11.4 Å². The van der Waals surface area contributed by atoms with Gasteiger partial charge in [-0.25, -0.2) is 9.59 Å². The summed E-state index contributed by atoms with van der Waals surface area (Å²) in [6.45, 7) is 5.25. The molecule has 0 spiro atoms. The van der Waals surface area contributed by atoms with Crippen molar-refractivity contribution < 1.29 is 9.59 Å². The first-order chi connectivity index (χ1) is 4.54. The summed E-state index contributed by atoms with van der Waals surface area (Å²) in [6.07, 6.45) is 1.75. The van der Waals surface area contributed by atoms with Crippen molar-refractivity contribution in [2.24, 2.45) is 11.5 Å². The molecule has 0 aromatic heterocycles. The van der Waals surface area contributed by atoms with Crippen molar-refractivity contribution in [2.45, 2.75) is 6.92 Å². The largest absolute Gasteiger partial charge is 0.351 e. The Kier molecular flexibility index (Phi) is 8.45. The Labute approximate surface area is 59.1 Å². The summed E-state index contributed by atoms with van der Waals surface area (Å²) >= 11 is 0. The fourth-order valence-electron chi connectivity index (χ4n) is 0.121. The van der Waals surface area contributed by atoms with Gasteiger partial charge in [-0.1, -0.05) is 6.08 Å². The molecule has 4 amide bonds. The Bertz CT molecular complexity index is 121.